The summed E-state index contributed by atoms with van der Waals surface area (Å²) in [6.45, 7) is 5.94. The molecule has 1 aromatic rings. The summed E-state index contributed by atoms with van der Waals surface area (Å²) in [7, 11) is 0. The Hall–Kier alpha value is -0.820. The van der Waals surface area contributed by atoms with Gasteiger partial charge in [0.2, 0.25) is 0 Å². The summed E-state index contributed by atoms with van der Waals surface area (Å²) in [5.41, 5.74) is 0.954. The van der Waals surface area contributed by atoms with Crippen LogP contribution in [0.5, 0.6) is 0 Å². The summed E-state index contributed by atoms with van der Waals surface area (Å²) < 4.78 is 2.88. The molecule has 0 N–H and O–H groups in total. The standard InChI is InChI=1S/C10H14BrN3/c1-4-5-9-13-8(3)10(11)14(9)7(2)6-12/h7H,4-5H2,1-3H3. The molecule has 1 aromatic heterocycles. The fraction of sp³-hybridized carbons (Fsp3) is 0.600. The second-order valence-electron chi connectivity index (χ2n) is 3.33. The minimum absolute atomic E-state index is 0.160. The summed E-state index contributed by atoms with van der Waals surface area (Å²) in [5, 5.41) is 8.90. The highest BCUT2D eigenvalue weighted by Crippen LogP contribution is 2.23. The molecule has 0 fully saturated rings. The Morgan fingerprint density at radius 2 is 2.29 bits per heavy atom. The molecule has 14 heavy (non-hydrogen) atoms. The van der Waals surface area contributed by atoms with Gasteiger partial charge in [-0.2, -0.15) is 5.26 Å². The van der Waals surface area contributed by atoms with Gasteiger partial charge in [0.1, 0.15) is 16.5 Å². The van der Waals surface area contributed by atoms with E-state index in [-0.39, 0.29) is 6.04 Å². The normalized spacial score (nSPS) is 12.5. The van der Waals surface area contributed by atoms with Gasteiger partial charge in [-0.3, -0.25) is 0 Å². The molecule has 0 aliphatic heterocycles. The highest BCUT2D eigenvalue weighted by molar-refractivity contribution is 9.10. The molecule has 0 aliphatic rings. The van der Waals surface area contributed by atoms with Crippen LogP contribution in [-0.2, 0) is 6.42 Å². The number of aromatic nitrogens is 2. The van der Waals surface area contributed by atoms with Crippen molar-refractivity contribution in [3.63, 3.8) is 0 Å². The third-order valence-corrected chi connectivity index (χ3v) is 3.09. The fourth-order valence-corrected chi connectivity index (χ4v) is 2.03. The zero-order valence-electron chi connectivity index (χ0n) is 8.71. The Labute approximate surface area is 92.9 Å². The minimum Gasteiger partial charge on any atom is -0.306 e. The van der Waals surface area contributed by atoms with E-state index in [2.05, 4.69) is 33.9 Å². The average molecular weight is 256 g/mol. The van der Waals surface area contributed by atoms with Crippen LogP contribution in [0.1, 0.15) is 37.8 Å². The smallest absolute Gasteiger partial charge is 0.120 e. The molecule has 1 heterocycles. The second-order valence-corrected chi connectivity index (χ2v) is 4.08. The first-order valence-corrected chi connectivity index (χ1v) is 5.53. The summed E-state index contributed by atoms with van der Waals surface area (Å²) in [6, 6.07) is 2.07. The van der Waals surface area contributed by atoms with E-state index in [1.165, 1.54) is 0 Å². The maximum absolute atomic E-state index is 8.90. The van der Waals surface area contributed by atoms with Crippen molar-refractivity contribution < 1.29 is 0 Å². The lowest BCUT2D eigenvalue weighted by molar-refractivity contribution is 0.611. The molecule has 0 saturated carbocycles. The quantitative estimate of drug-likeness (QED) is 0.834. The molecule has 76 valence electrons. The number of hydrogen-bond donors (Lipinski definition) is 0. The first-order valence-electron chi connectivity index (χ1n) is 4.74. The van der Waals surface area contributed by atoms with Gasteiger partial charge >= 0.3 is 0 Å². The van der Waals surface area contributed by atoms with Crippen LogP contribution in [0, 0.1) is 18.3 Å². The van der Waals surface area contributed by atoms with Crippen molar-refractivity contribution in [1.82, 2.24) is 9.55 Å². The SMILES string of the molecule is CCCc1nc(C)c(Br)n1C(C)C#N. The lowest BCUT2D eigenvalue weighted by Crippen LogP contribution is -2.07. The van der Waals surface area contributed by atoms with Crippen LogP contribution in [0.25, 0.3) is 0 Å². The van der Waals surface area contributed by atoms with E-state index >= 15 is 0 Å². The maximum atomic E-state index is 8.90. The van der Waals surface area contributed by atoms with Crippen LogP contribution in [0.3, 0.4) is 0 Å². The van der Waals surface area contributed by atoms with Gasteiger partial charge in [-0.15, -0.1) is 0 Å². The zero-order valence-corrected chi connectivity index (χ0v) is 10.3. The van der Waals surface area contributed by atoms with E-state index < -0.39 is 0 Å². The average Bonchev–Trinajstić information content (AvgIpc) is 2.43. The van der Waals surface area contributed by atoms with Crippen molar-refractivity contribution in [2.45, 2.75) is 39.7 Å². The Bertz CT molecular complexity index is 362. The number of rotatable bonds is 3. The number of hydrogen-bond acceptors (Lipinski definition) is 2. The van der Waals surface area contributed by atoms with Gasteiger partial charge < -0.3 is 4.57 Å². The topological polar surface area (TPSA) is 41.6 Å². The largest absolute Gasteiger partial charge is 0.306 e. The van der Waals surface area contributed by atoms with Gasteiger partial charge in [0.25, 0.3) is 0 Å². The van der Waals surface area contributed by atoms with Crippen LogP contribution in [0.2, 0.25) is 0 Å². The summed E-state index contributed by atoms with van der Waals surface area (Å²) in [5.74, 6) is 0.992. The maximum Gasteiger partial charge on any atom is 0.120 e. The van der Waals surface area contributed by atoms with Crippen molar-refractivity contribution in [3.05, 3.63) is 16.1 Å². The number of imidazole rings is 1. The first kappa shape index (κ1) is 11.3. The molecule has 1 atom stereocenters. The van der Waals surface area contributed by atoms with E-state index in [0.29, 0.717) is 0 Å². The third-order valence-electron chi connectivity index (χ3n) is 2.13. The number of aryl methyl sites for hydroxylation is 2. The molecule has 0 aromatic carbocycles. The van der Waals surface area contributed by atoms with Gasteiger partial charge in [0, 0.05) is 6.42 Å². The van der Waals surface area contributed by atoms with Crippen molar-refractivity contribution in [1.29, 1.82) is 5.26 Å². The Morgan fingerprint density at radius 1 is 1.64 bits per heavy atom. The molecule has 3 nitrogen and oxygen atoms in total. The lowest BCUT2D eigenvalue weighted by Gasteiger charge is -2.10. The Balaban J connectivity index is 3.17. The highest BCUT2D eigenvalue weighted by Gasteiger charge is 2.15. The van der Waals surface area contributed by atoms with Crippen molar-refractivity contribution in [3.8, 4) is 6.07 Å². The van der Waals surface area contributed by atoms with Gasteiger partial charge in [-0.05, 0) is 36.2 Å². The number of nitriles is 1. The van der Waals surface area contributed by atoms with Crippen molar-refractivity contribution in [2.24, 2.45) is 0 Å². The molecule has 0 aliphatic carbocycles. The second kappa shape index (κ2) is 4.61. The van der Waals surface area contributed by atoms with E-state index in [9.17, 15) is 0 Å². The first-order chi connectivity index (χ1) is 6.61. The Morgan fingerprint density at radius 3 is 2.79 bits per heavy atom. The summed E-state index contributed by atoms with van der Waals surface area (Å²) >= 11 is 3.46. The van der Waals surface area contributed by atoms with Crippen LogP contribution >= 0.6 is 15.9 Å². The van der Waals surface area contributed by atoms with Crippen LogP contribution in [0.15, 0.2) is 4.60 Å². The molecule has 0 amide bonds. The van der Waals surface area contributed by atoms with Crippen molar-refractivity contribution >= 4 is 15.9 Å². The molecule has 0 saturated heterocycles. The highest BCUT2D eigenvalue weighted by atomic mass is 79.9. The van der Waals surface area contributed by atoms with Gasteiger partial charge in [-0.1, -0.05) is 6.92 Å². The molecular formula is C10H14BrN3. The van der Waals surface area contributed by atoms with E-state index in [1.54, 1.807) is 0 Å². The predicted molar refractivity (Wildman–Crippen MR) is 59.0 cm³/mol. The molecule has 1 unspecified atom stereocenters. The summed E-state index contributed by atoms with van der Waals surface area (Å²) in [6.07, 6.45) is 1.96. The van der Waals surface area contributed by atoms with Crippen molar-refractivity contribution in [2.75, 3.05) is 0 Å². The van der Waals surface area contributed by atoms with Gasteiger partial charge in [0.15, 0.2) is 0 Å². The monoisotopic (exact) mass is 255 g/mol. The Kier molecular flexibility index (Phi) is 3.70. The molecule has 1 rings (SSSR count). The molecule has 0 spiro atoms. The van der Waals surface area contributed by atoms with E-state index in [0.717, 1.165) is 29.0 Å². The van der Waals surface area contributed by atoms with Crippen LogP contribution in [-0.4, -0.2) is 9.55 Å². The molecule has 4 heteroatoms. The fourth-order valence-electron chi connectivity index (χ4n) is 1.43. The third kappa shape index (κ3) is 1.98. The zero-order chi connectivity index (χ0) is 10.7. The molecular weight excluding hydrogens is 242 g/mol. The minimum atomic E-state index is -0.160. The van der Waals surface area contributed by atoms with E-state index in [1.807, 2.05) is 18.4 Å². The predicted octanol–water partition coefficient (Wildman–Crippen LogP) is 2.99. The molecule has 0 radical (unpaired) electrons. The van der Waals surface area contributed by atoms with Crippen LogP contribution < -0.4 is 0 Å². The molecule has 0 bridgehead atoms. The van der Waals surface area contributed by atoms with Gasteiger partial charge in [0.05, 0.1) is 11.8 Å². The van der Waals surface area contributed by atoms with Gasteiger partial charge in [-0.25, -0.2) is 4.98 Å². The number of halogens is 1. The summed E-state index contributed by atoms with van der Waals surface area (Å²) in [4.78, 5) is 4.43. The van der Waals surface area contributed by atoms with E-state index in [4.69, 9.17) is 5.26 Å². The number of nitrogens with zero attached hydrogens (tertiary/aromatic N) is 3. The lowest BCUT2D eigenvalue weighted by atomic mass is 10.3. The van der Waals surface area contributed by atoms with Crippen LogP contribution in [0.4, 0.5) is 0 Å².